The van der Waals surface area contributed by atoms with E-state index < -0.39 is 0 Å². The van der Waals surface area contributed by atoms with Crippen LogP contribution in [0, 0.1) is 0 Å². The second kappa shape index (κ2) is 5.40. The zero-order chi connectivity index (χ0) is 13.8. The smallest absolute Gasteiger partial charge is 0.195 e. The number of ketones is 1. The van der Waals surface area contributed by atoms with Gasteiger partial charge in [0.1, 0.15) is 0 Å². The standard InChI is InChI=1S/C16H16N2O/c1-11(17)10-13-8-5-9-14(15(13)18)16(19)12-6-3-2-4-7-12/h2-9H,1,10,17-18H2. The summed E-state index contributed by atoms with van der Waals surface area (Å²) in [6.07, 6.45) is 0.474. The molecule has 2 aromatic rings. The Kier molecular flexibility index (Phi) is 3.66. The molecule has 0 atom stereocenters. The summed E-state index contributed by atoms with van der Waals surface area (Å²) in [6, 6.07) is 14.5. The number of anilines is 1. The van der Waals surface area contributed by atoms with Crippen LogP contribution in [0.4, 0.5) is 5.69 Å². The van der Waals surface area contributed by atoms with Gasteiger partial charge in [-0.1, -0.05) is 49.0 Å². The number of allylic oxidation sites excluding steroid dienone is 1. The molecule has 0 aliphatic rings. The van der Waals surface area contributed by atoms with Crippen LogP contribution in [0.3, 0.4) is 0 Å². The Morgan fingerprint density at radius 1 is 1.05 bits per heavy atom. The van der Waals surface area contributed by atoms with Gasteiger partial charge in [-0.05, 0) is 11.6 Å². The van der Waals surface area contributed by atoms with E-state index in [1.54, 1.807) is 18.2 Å². The molecule has 0 aromatic heterocycles. The van der Waals surface area contributed by atoms with Gasteiger partial charge in [-0.3, -0.25) is 4.79 Å². The van der Waals surface area contributed by atoms with Crippen LogP contribution < -0.4 is 11.5 Å². The van der Waals surface area contributed by atoms with Gasteiger partial charge in [-0.15, -0.1) is 0 Å². The van der Waals surface area contributed by atoms with E-state index >= 15 is 0 Å². The van der Waals surface area contributed by atoms with Gasteiger partial charge in [-0.2, -0.15) is 0 Å². The lowest BCUT2D eigenvalue weighted by Crippen LogP contribution is -2.09. The van der Waals surface area contributed by atoms with Crippen LogP contribution >= 0.6 is 0 Å². The molecule has 0 aliphatic heterocycles. The fraction of sp³-hybridized carbons (Fsp3) is 0.0625. The molecule has 0 aliphatic carbocycles. The summed E-state index contributed by atoms with van der Waals surface area (Å²) < 4.78 is 0. The molecule has 3 nitrogen and oxygen atoms in total. The first kappa shape index (κ1) is 12.9. The normalized spacial score (nSPS) is 10.1. The van der Waals surface area contributed by atoms with Crippen molar-refractivity contribution in [3.63, 3.8) is 0 Å². The lowest BCUT2D eigenvalue weighted by molar-refractivity contribution is 0.103. The van der Waals surface area contributed by atoms with E-state index in [2.05, 4.69) is 6.58 Å². The molecule has 19 heavy (non-hydrogen) atoms. The Morgan fingerprint density at radius 3 is 2.37 bits per heavy atom. The van der Waals surface area contributed by atoms with Crippen LogP contribution in [0.1, 0.15) is 21.5 Å². The third-order valence-corrected chi connectivity index (χ3v) is 2.89. The molecule has 2 rings (SSSR count). The third-order valence-electron chi connectivity index (χ3n) is 2.89. The average Bonchev–Trinajstić information content (AvgIpc) is 2.41. The summed E-state index contributed by atoms with van der Waals surface area (Å²) >= 11 is 0. The highest BCUT2D eigenvalue weighted by Gasteiger charge is 2.14. The molecule has 0 fully saturated rings. The van der Waals surface area contributed by atoms with E-state index in [1.807, 2.05) is 30.3 Å². The number of benzene rings is 2. The van der Waals surface area contributed by atoms with Gasteiger partial charge in [0.05, 0.1) is 0 Å². The molecule has 2 aromatic carbocycles. The van der Waals surface area contributed by atoms with Crippen LogP contribution in [0.25, 0.3) is 0 Å². The van der Waals surface area contributed by atoms with E-state index in [0.717, 1.165) is 5.56 Å². The van der Waals surface area contributed by atoms with Gasteiger partial charge in [0, 0.05) is 28.9 Å². The van der Waals surface area contributed by atoms with Crippen LogP contribution in [0.2, 0.25) is 0 Å². The first-order chi connectivity index (χ1) is 9.09. The number of hydrogen-bond donors (Lipinski definition) is 2. The van der Waals surface area contributed by atoms with Crippen molar-refractivity contribution in [2.45, 2.75) is 6.42 Å². The average molecular weight is 252 g/mol. The number of nitrogens with two attached hydrogens (primary N) is 2. The van der Waals surface area contributed by atoms with Crippen molar-refractivity contribution >= 4 is 11.5 Å². The Morgan fingerprint density at radius 2 is 1.74 bits per heavy atom. The number of para-hydroxylation sites is 1. The highest BCUT2D eigenvalue weighted by molar-refractivity contribution is 6.12. The fourth-order valence-electron chi connectivity index (χ4n) is 1.95. The quantitative estimate of drug-likeness (QED) is 0.649. The summed E-state index contributed by atoms with van der Waals surface area (Å²) in [5.74, 6) is -0.0809. The molecular formula is C16H16N2O. The zero-order valence-electron chi connectivity index (χ0n) is 10.6. The maximum atomic E-state index is 12.4. The number of carbonyl (C=O) groups excluding carboxylic acids is 1. The Balaban J connectivity index is 2.41. The van der Waals surface area contributed by atoms with Crippen molar-refractivity contribution in [3.8, 4) is 0 Å². The zero-order valence-corrected chi connectivity index (χ0v) is 10.6. The highest BCUT2D eigenvalue weighted by atomic mass is 16.1. The highest BCUT2D eigenvalue weighted by Crippen LogP contribution is 2.22. The molecule has 3 heteroatoms. The third kappa shape index (κ3) is 2.83. The molecule has 0 radical (unpaired) electrons. The first-order valence-corrected chi connectivity index (χ1v) is 6.00. The molecule has 96 valence electrons. The van der Waals surface area contributed by atoms with Gasteiger partial charge >= 0.3 is 0 Å². The lowest BCUT2D eigenvalue weighted by Gasteiger charge is -2.10. The predicted octanol–water partition coefficient (Wildman–Crippen LogP) is 2.51. The molecule has 0 amide bonds. The van der Waals surface area contributed by atoms with Gasteiger partial charge in [0.25, 0.3) is 0 Å². The maximum Gasteiger partial charge on any atom is 0.195 e. The summed E-state index contributed by atoms with van der Waals surface area (Å²) in [7, 11) is 0. The van der Waals surface area contributed by atoms with Crippen molar-refractivity contribution in [3.05, 3.63) is 77.5 Å². The molecule has 0 spiro atoms. The van der Waals surface area contributed by atoms with E-state index in [1.165, 1.54) is 0 Å². The Labute approximate surface area is 112 Å². The molecular weight excluding hydrogens is 236 g/mol. The fourth-order valence-corrected chi connectivity index (χ4v) is 1.95. The minimum Gasteiger partial charge on any atom is -0.402 e. The van der Waals surface area contributed by atoms with E-state index in [4.69, 9.17) is 11.5 Å². The Bertz CT molecular complexity index is 618. The van der Waals surface area contributed by atoms with Crippen molar-refractivity contribution in [1.82, 2.24) is 0 Å². The molecule has 4 N–H and O–H groups in total. The van der Waals surface area contributed by atoms with Gasteiger partial charge in [0.2, 0.25) is 0 Å². The van der Waals surface area contributed by atoms with E-state index in [-0.39, 0.29) is 5.78 Å². The van der Waals surface area contributed by atoms with E-state index in [9.17, 15) is 4.79 Å². The van der Waals surface area contributed by atoms with Gasteiger partial charge in [-0.25, -0.2) is 0 Å². The largest absolute Gasteiger partial charge is 0.402 e. The number of hydrogen-bond acceptors (Lipinski definition) is 3. The molecule has 0 saturated carbocycles. The van der Waals surface area contributed by atoms with Crippen LogP contribution in [0.15, 0.2) is 60.8 Å². The number of nitrogen functional groups attached to an aromatic ring is 1. The van der Waals surface area contributed by atoms with Crippen molar-refractivity contribution < 1.29 is 4.79 Å². The predicted molar refractivity (Wildman–Crippen MR) is 77.8 cm³/mol. The monoisotopic (exact) mass is 252 g/mol. The van der Waals surface area contributed by atoms with Gasteiger partial charge < -0.3 is 11.5 Å². The summed E-state index contributed by atoms with van der Waals surface area (Å²) in [6.45, 7) is 3.66. The van der Waals surface area contributed by atoms with Crippen molar-refractivity contribution in [2.75, 3.05) is 5.73 Å². The molecule has 0 unspecified atom stereocenters. The minimum atomic E-state index is -0.0809. The SMILES string of the molecule is C=C(N)Cc1cccc(C(=O)c2ccccc2)c1N. The van der Waals surface area contributed by atoms with Crippen molar-refractivity contribution in [2.24, 2.45) is 5.73 Å². The summed E-state index contributed by atoms with van der Waals surface area (Å²) in [5.41, 5.74) is 14.6. The van der Waals surface area contributed by atoms with Crippen LogP contribution in [-0.4, -0.2) is 5.78 Å². The lowest BCUT2D eigenvalue weighted by atomic mass is 9.97. The van der Waals surface area contributed by atoms with Crippen LogP contribution in [-0.2, 0) is 6.42 Å². The Hall–Kier alpha value is -2.55. The molecule has 0 bridgehead atoms. The van der Waals surface area contributed by atoms with Gasteiger partial charge in [0.15, 0.2) is 5.78 Å². The van der Waals surface area contributed by atoms with Crippen molar-refractivity contribution in [1.29, 1.82) is 0 Å². The topological polar surface area (TPSA) is 69.1 Å². The second-order valence-corrected chi connectivity index (χ2v) is 4.41. The van der Waals surface area contributed by atoms with E-state index in [0.29, 0.717) is 28.9 Å². The second-order valence-electron chi connectivity index (χ2n) is 4.41. The minimum absolute atomic E-state index is 0.0809. The summed E-state index contributed by atoms with van der Waals surface area (Å²) in [4.78, 5) is 12.4. The maximum absolute atomic E-state index is 12.4. The molecule has 0 heterocycles. The number of rotatable bonds is 4. The first-order valence-electron chi connectivity index (χ1n) is 6.00. The van der Waals surface area contributed by atoms with Crippen LogP contribution in [0.5, 0.6) is 0 Å². The summed E-state index contributed by atoms with van der Waals surface area (Å²) in [5, 5.41) is 0. The number of carbonyl (C=O) groups is 1. The molecule has 0 saturated heterocycles.